The van der Waals surface area contributed by atoms with Crippen LogP contribution in [0, 0.1) is 5.92 Å². The summed E-state index contributed by atoms with van der Waals surface area (Å²) in [6, 6.07) is 9.73. The number of nitrogens with zero attached hydrogens (tertiary/aromatic N) is 1. The van der Waals surface area contributed by atoms with Gasteiger partial charge in [-0.1, -0.05) is 30.3 Å². The molecule has 0 aliphatic carbocycles. The van der Waals surface area contributed by atoms with E-state index < -0.39 is 25.6 Å². The number of hydrogen-bond acceptors (Lipinski definition) is 4. The minimum atomic E-state index is -4.42. The van der Waals surface area contributed by atoms with Crippen LogP contribution in [0.4, 0.5) is 0 Å². The number of hydroxylamine groups is 2. The van der Waals surface area contributed by atoms with Crippen molar-refractivity contribution in [2.75, 3.05) is 13.2 Å². The molecule has 0 aromatic heterocycles. The average Bonchev–Trinajstić information content (AvgIpc) is 2.37. The first-order valence-electron chi connectivity index (χ1n) is 6.80. The summed E-state index contributed by atoms with van der Waals surface area (Å²) >= 11 is 0. The molecule has 2 N–H and O–H groups in total. The molecule has 0 saturated heterocycles. The third-order valence-electron chi connectivity index (χ3n) is 3.23. The van der Waals surface area contributed by atoms with Crippen molar-refractivity contribution in [2.24, 2.45) is 5.92 Å². The van der Waals surface area contributed by atoms with Crippen molar-refractivity contribution in [2.45, 2.75) is 25.7 Å². The van der Waals surface area contributed by atoms with E-state index >= 15 is 0 Å². The first-order valence-corrected chi connectivity index (χ1v) is 8.56. The molecule has 0 aliphatic rings. The molecule has 6 nitrogen and oxygen atoms in total. The molecule has 0 aliphatic heterocycles. The number of benzene rings is 1. The van der Waals surface area contributed by atoms with Crippen LogP contribution in [0.5, 0.6) is 0 Å². The van der Waals surface area contributed by atoms with Crippen molar-refractivity contribution in [3.63, 3.8) is 0 Å². The molecular formula is C14H21NNaO5P. The summed E-state index contributed by atoms with van der Waals surface area (Å²) < 4.78 is 11.0. The van der Waals surface area contributed by atoms with E-state index in [2.05, 4.69) is 0 Å². The molecule has 0 saturated carbocycles. The van der Waals surface area contributed by atoms with Gasteiger partial charge in [0.2, 0.25) is 5.91 Å². The molecule has 0 fully saturated rings. The van der Waals surface area contributed by atoms with Gasteiger partial charge < -0.3 is 14.4 Å². The van der Waals surface area contributed by atoms with E-state index in [4.69, 9.17) is 10.1 Å². The molecule has 1 amide bonds. The second kappa shape index (κ2) is 10.6. The molecule has 8 heteroatoms. The Morgan fingerprint density at radius 1 is 1.36 bits per heavy atom. The molecular weight excluding hydrogens is 316 g/mol. The van der Waals surface area contributed by atoms with Gasteiger partial charge in [0.05, 0.1) is 0 Å². The van der Waals surface area contributed by atoms with Gasteiger partial charge in [-0.15, -0.1) is 0 Å². The van der Waals surface area contributed by atoms with Crippen LogP contribution in [0.25, 0.3) is 0 Å². The molecule has 118 valence electrons. The van der Waals surface area contributed by atoms with Crippen LogP contribution in [-0.2, 0) is 15.8 Å². The maximum atomic E-state index is 11.5. The van der Waals surface area contributed by atoms with Gasteiger partial charge >= 0.3 is 29.6 Å². The van der Waals surface area contributed by atoms with Gasteiger partial charge in [-0.25, -0.2) is 5.06 Å². The Balaban J connectivity index is 0.00000441. The van der Waals surface area contributed by atoms with Crippen molar-refractivity contribution < 1.29 is 53.9 Å². The van der Waals surface area contributed by atoms with E-state index in [1.54, 1.807) is 0 Å². The zero-order valence-electron chi connectivity index (χ0n) is 13.0. The van der Waals surface area contributed by atoms with E-state index in [1.807, 2.05) is 30.3 Å². The zero-order valence-corrected chi connectivity index (χ0v) is 15.9. The van der Waals surface area contributed by atoms with E-state index in [-0.39, 0.29) is 36.0 Å². The quantitative estimate of drug-likeness (QED) is 0.258. The number of aryl methyl sites for hydroxylation is 1. The number of amides is 1. The Morgan fingerprint density at radius 2 is 1.95 bits per heavy atom. The maximum absolute atomic E-state index is 11.5. The van der Waals surface area contributed by atoms with E-state index in [0.29, 0.717) is 17.9 Å². The van der Waals surface area contributed by atoms with Gasteiger partial charge in [0.15, 0.2) is 0 Å². The molecule has 0 radical (unpaired) electrons. The number of hydrogen-bond donors (Lipinski definition) is 2. The predicted molar refractivity (Wildman–Crippen MR) is 76.7 cm³/mol. The van der Waals surface area contributed by atoms with Crippen molar-refractivity contribution >= 4 is 13.5 Å². The SMILES string of the molecule is CN(O)C(=O)CC(CCCc1ccccc1)CP(=O)([O-])O.[Na+]. The molecule has 0 bridgehead atoms. The van der Waals surface area contributed by atoms with Gasteiger partial charge in [0.1, 0.15) is 7.60 Å². The molecule has 1 aromatic rings. The monoisotopic (exact) mass is 337 g/mol. The summed E-state index contributed by atoms with van der Waals surface area (Å²) in [6.45, 7) is 0. The predicted octanol–water partition coefficient (Wildman–Crippen LogP) is -1.59. The Morgan fingerprint density at radius 3 is 2.45 bits per heavy atom. The van der Waals surface area contributed by atoms with Crippen molar-refractivity contribution in [1.29, 1.82) is 0 Å². The Kier molecular flexibility index (Phi) is 10.5. The second-order valence-electron chi connectivity index (χ2n) is 5.19. The van der Waals surface area contributed by atoms with Crippen LogP contribution in [0.3, 0.4) is 0 Å². The number of carbonyl (C=O) groups excluding carboxylic acids is 1. The molecule has 2 unspecified atom stereocenters. The minimum absolute atomic E-state index is 0. The third-order valence-corrected chi connectivity index (χ3v) is 4.21. The molecule has 22 heavy (non-hydrogen) atoms. The minimum Gasteiger partial charge on any atom is -0.779 e. The first kappa shape index (κ1) is 21.8. The summed E-state index contributed by atoms with van der Waals surface area (Å²) in [6.07, 6.45) is 1.42. The summed E-state index contributed by atoms with van der Waals surface area (Å²) in [5.41, 5.74) is 1.14. The van der Waals surface area contributed by atoms with Crippen molar-refractivity contribution in [1.82, 2.24) is 5.06 Å². The molecule has 2 atom stereocenters. The van der Waals surface area contributed by atoms with Crippen LogP contribution < -0.4 is 34.5 Å². The fourth-order valence-electron chi connectivity index (χ4n) is 2.20. The summed E-state index contributed by atoms with van der Waals surface area (Å²) in [7, 11) is -3.23. The standard InChI is InChI=1S/C14H22NO5P.Na/c1-15(17)14(16)10-13(11-21(18,19)20)9-5-8-12-6-3-2-4-7-12;/h2-4,6-7,13,17H,5,8-11H2,1H3,(H2,18,19,20);/q;+1/p-1. The molecule has 1 aromatic carbocycles. The van der Waals surface area contributed by atoms with Crippen molar-refractivity contribution in [3.8, 4) is 0 Å². The summed E-state index contributed by atoms with van der Waals surface area (Å²) in [5, 5.41) is 9.49. The van der Waals surface area contributed by atoms with Gasteiger partial charge in [0.25, 0.3) is 0 Å². The number of carbonyl (C=O) groups is 1. The van der Waals surface area contributed by atoms with Gasteiger partial charge in [-0.3, -0.25) is 10.0 Å². The van der Waals surface area contributed by atoms with Crippen LogP contribution in [0.15, 0.2) is 30.3 Å². The largest absolute Gasteiger partial charge is 1.00 e. The number of rotatable bonds is 8. The van der Waals surface area contributed by atoms with Gasteiger partial charge in [0, 0.05) is 19.6 Å². The fourth-order valence-corrected chi connectivity index (χ4v) is 3.17. The van der Waals surface area contributed by atoms with Crippen LogP contribution >= 0.6 is 7.60 Å². The molecule has 1 rings (SSSR count). The average molecular weight is 337 g/mol. The Bertz CT molecular complexity index is 491. The van der Waals surface area contributed by atoms with Crippen molar-refractivity contribution in [3.05, 3.63) is 35.9 Å². The summed E-state index contributed by atoms with van der Waals surface area (Å²) in [4.78, 5) is 31.5. The normalized spacial score (nSPS) is 14.5. The van der Waals surface area contributed by atoms with Crippen LogP contribution in [-0.4, -0.2) is 34.3 Å². The zero-order chi connectivity index (χ0) is 15.9. The Labute approximate surface area is 152 Å². The maximum Gasteiger partial charge on any atom is 1.00 e. The van der Waals surface area contributed by atoms with E-state index in [9.17, 15) is 14.3 Å². The smallest absolute Gasteiger partial charge is 0.779 e. The summed E-state index contributed by atoms with van der Waals surface area (Å²) in [5.74, 6) is -1.06. The molecule has 0 heterocycles. The first-order chi connectivity index (χ1) is 9.78. The van der Waals surface area contributed by atoms with E-state index in [0.717, 1.165) is 12.0 Å². The second-order valence-corrected chi connectivity index (χ2v) is 6.83. The fraction of sp³-hybridized carbons (Fsp3) is 0.500. The van der Waals surface area contributed by atoms with Gasteiger partial charge in [-0.05, 0) is 30.7 Å². The topological polar surface area (TPSA) is 101 Å². The third kappa shape index (κ3) is 9.74. The van der Waals surface area contributed by atoms with Crippen LogP contribution in [0.2, 0.25) is 0 Å². The Hall–Kier alpha value is -0.200. The van der Waals surface area contributed by atoms with Crippen LogP contribution in [0.1, 0.15) is 24.8 Å². The van der Waals surface area contributed by atoms with E-state index in [1.165, 1.54) is 7.05 Å². The molecule has 0 spiro atoms. The van der Waals surface area contributed by atoms with Gasteiger partial charge in [-0.2, -0.15) is 0 Å².